The normalized spacial score (nSPS) is 11.0. The second kappa shape index (κ2) is 10.4. The summed E-state index contributed by atoms with van der Waals surface area (Å²) in [5, 5.41) is 2.78. The van der Waals surface area contributed by atoms with Crippen molar-refractivity contribution in [2.45, 2.75) is 20.4 Å². The van der Waals surface area contributed by atoms with Crippen LogP contribution in [-0.4, -0.2) is 34.3 Å². The van der Waals surface area contributed by atoms with E-state index in [0.717, 1.165) is 16.7 Å². The Kier molecular flexibility index (Phi) is 7.60. The smallest absolute Gasteiger partial charge is 0.262 e. The zero-order valence-electron chi connectivity index (χ0n) is 19.2. The number of anilines is 2. The van der Waals surface area contributed by atoms with Crippen LogP contribution in [0, 0.1) is 13.8 Å². The number of hydrogen-bond acceptors (Lipinski definition) is 5. The number of amides is 1. The topological polar surface area (TPSA) is 84.9 Å². The van der Waals surface area contributed by atoms with Crippen molar-refractivity contribution in [3.8, 4) is 11.5 Å². The Labute approximate surface area is 195 Å². The second-order valence-corrected chi connectivity index (χ2v) is 9.70. The van der Waals surface area contributed by atoms with E-state index in [4.69, 9.17) is 9.47 Å². The van der Waals surface area contributed by atoms with Crippen molar-refractivity contribution in [1.29, 1.82) is 0 Å². The van der Waals surface area contributed by atoms with E-state index in [9.17, 15) is 13.2 Å². The van der Waals surface area contributed by atoms with Crippen molar-refractivity contribution in [3.63, 3.8) is 0 Å². The molecule has 0 bridgehead atoms. The molecular formula is C25H28N2O5S. The molecule has 0 aliphatic heterocycles. The lowest BCUT2D eigenvalue weighted by Crippen LogP contribution is -2.29. The minimum absolute atomic E-state index is 0.199. The van der Waals surface area contributed by atoms with Gasteiger partial charge in [0.15, 0.2) is 6.61 Å². The van der Waals surface area contributed by atoms with Crippen LogP contribution in [0.5, 0.6) is 11.5 Å². The third-order valence-corrected chi connectivity index (χ3v) is 6.11. The molecule has 0 aromatic heterocycles. The molecule has 3 aromatic carbocycles. The van der Waals surface area contributed by atoms with Crippen molar-refractivity contribution in [3.05, 3.63) is 83.4 Å². The van der Waals surface area contributed by atoms with E-state index in [1.54, 1.807) is 30.3 Å². The van der Waals surface area contributed by atoms with Crippen LogP contribution in [0.4, 0.5) is 11.4 Å². The molecule has 7 nitrogen and oxygen atoms in total. The Balaban J connectivity index is 1.65. The zero-order valence-corrected chi connectivity index (χ0v) is 20.0. The van der Waals surface area contributed by atoms with E-state index in [1.807, 2.05) is 50.2 Å². The molecule has 1 N–H and O–H groups in total. The minimum atomic E-state index is -3.49. The number of nitrogens with zero attached hydrogens (tertiary/aromatic N) is 1. The summed E-state index contributed by atoms with van der Waals surface area (Å²) < 4.78 is 36.9. The van der Waals surface area contributed by atoms with Crippen molar-refractivity contribution >= 4 is 27.3 Å². The van der Waals surface area contributed by atoms with Gasteiger partial charge in [-0.25, -0.2) is 8.42 Å². The summed E-state index contributed by atoms with van der Waals surface area (Å²) in [6, 6.07) is 19.8. The molecule has 1 amide bonds. The summed E-state index contributed by atoms with van der Waals surface area (Å²) in [4.78, 5) is 12.3. The molecule has 3 rings (SSSR count). The Hall–Kier alpha value is -3.52. The van der Waals surface area contributed by atoms with E-state index < -0.39 is 10.0 Å². The van der Waals surface area contributed by atoms with Crippen LogP contribution in [-0.2, 0) is 21.4 Å². The summed E-state index contributed by atoms with van der Waals surface area (Å²) in [6.45, 7) is 3.93. The molecule has 0 saturated heterocycles. The molecule has 0 heterocycles. The van der Waals surface area contributed by atoms with E-state index in [-0.39, 0.29) is 19.1 Å². The molecule has 0 aliphatic carbocycles. The molecule has 0 atom stereocenters. The second-order valence-electron chi connectivity index (χ2n) is 7.79. The van der Waals surface area contributed by atoms with E-state index >= 15 is 0 Å². The van der Waals surface area contributed by atoms with Gasteiger partial charge in [-0.3, -0.25) is 9.10 Å². The van der Waals surface area contributed by atoms with Crippen LogP contribution in [0.15, 0.2) is 66.7 Å². The highest BCUT2D eigenvalue weighted by Gasteiger charge is 2.18. The fraction of sp³-hybridized carbons (Fsp3) is 0.240. The van der Waals surface area contributed by atoms with Gasteiger partial charge in [0.05, 0.1) is 31.3 Å². The summed E-state index contributed by atoms with van der Waals surface area (Å²) in [7, 11) is -1.95. The summed E-state index contributed by atoms with van der Waals surface area (Å²) in [5.41, 5.74) is 4.06. The van der Waals surface area contributed by atoms with Crippen LogP contribution in [0.2, 0.25) is 0 Å². The Morgan fingerprint density at radius 1 is 0.939 bits per heavy atom. The number of methoxy groups -OCH3 is 1. The molecule has 174 valence electrons. The van der Waals surface area contributed by atoms with Gasteiger partial charge in [-0.1, -0.05) is 35.9 Å². The first-order valence-corrected chi connectivity index (χ1v) is 12.2. The number of sulfonamides is 1. The molecule has 0 unspecified atom stereocenters. The largest absolute Gasteiger partial charge is 0.495 e. The van der Waals surface area contributed by atoms with E-state index in [0.29, 0.717) is 22.9 Å². The molecule has 8 heteroatoms. The minimum Gasteiger partial charge on any atom is -0.495 e. The van der Waals surface area contributed by atoms with E-state index in [2.05, 4.69) is 5.32 Å². The van der Waals surface area contributed by atoms with Crippen molar-refractivity contribution in [2.24, 2.45) is 0 Å². The molecule has 0 aliphatic rings. The molecule has 33 heavy (non-hydrogen) atoms. The number of ether oxygens (including phenoxy) is 2. The Morgan fingerprint density at radius 3 is 2.18 bits per heavy atom. The summed E-state index contributed by atoms with van der Waals surface area (Å²) >= 11 is 0. The monoisotopic (exact) mass is 468 g/mol. The lowest BCUT2D eigenvalue weighted by Gasteiger charge is -2.23. The summed E-state index contributed by atoms with van der Waals surface area (Å²) in [5.74, 6) is 0.682. The molecule has 0 radical (unpaired) electrons. The maximum Gasteiger partial charge on any atom is 0.262 e. The lowest BCUT2D eigenvalue weighted by molar-refractivity contribution is -0.118. The van der Waals surface area contributed by atoms with Gasteiger partial charge in [-0.15, -0.1) is 0 Å². The number of rotatable bonds is 9. The first-order chi connectivity index (χ1) is 15.7. The molecule has 0 spiro atoms. The third kappa shape index (κ3) is 6.73. The van der Waals surface area contributed by atoms with Crippen LogP contribution >= 0.6 is 0 Å². The van der Waals surface area contributed by atoms with Crippen LogP contribution < -0.4 is 19.1 Å². The number of nitrogens with one attached hydrogen (secondary N) is 1. The molecule has 0 saturated carbocycles. The summed E-state index contributed by atoms with van der Waals surface area (Å²) in [6.07, 6.45) is 1.18. The number of carbonyl (C=O) groups is 1. The number of aryl methyl sites for hydroxylation is 2. The fourth-order valence-electron chi connectivity index (χ4n) is 3.22. The van der Waals surface area contributed by atoms with Gasteiger partial charge in [0.2, 0.25) is 10.0 Å². The Bertz CT molecular complexity index is 1210. The zero-order chi connectivity index (χ0) is 24.0. The van der Waals surface area contributed by atoms with Crippen LogP contribution in [0.3, 0.4) is 0 Å². The first-order valence-electron chi connectivity index (χ1n) is 10.4. The number of carbonyl (C=O) groups excluding carboxylic acids is 1. The standard InChI is InChI=1S/C25H28N2O5S/c1-18-5-8-20(9-6-18)16-27(33(4,29)30)21-10-12-22(13-11-21)32-17-25(28)26-23-15-19(2)7-14-24(23)31-3/h5-15H,16-17H2,1-4H3,(H,26,28). The van der Waals surface area contributed by atoms with Crippen molar-refractivity contribution in [1.82, 2.24) is 0 Å². The highest BCUT2D eigenvalue weighted by Crippen LogP contribution is 2.26. The molecular weight excluding hydrogens is 440 g/mol. The Morgan fingerprint density at radius 2 is 1.58 bits per heavy atom. The highest BCUT2D eigenvalue weighted by molar-refractivity contribution is 7.92. The average molecular weight is 469 g/mol. The van der Waals surface area contributed by atoms with Gasteiger partial charge in [0.25, 0.3) is 5.91 Å². The average Bonchev–Trinajstić information content (AvgIpc) is 2.77. The first kappa shape index (κ1) is 24.1. The van der Waals surface area contributed by atoms with E-state index in [1.165, 1.54) is 17.7 Å². The van der Waals surface area contributed by atoms with Gasteiger partial charge in [0, 0.05) is 0 Å². The quantitative estimate of drug-likeness (QED) is 0.506. The fourth-order valence-corrected chi connectivity index (χ4v) is 4.11. The number of benzene rings is 3. The molecule has 0 fully saturated rings. The third-order valence-electron chi connectivity index (χ3n) is 4.97. The van der Waals surface area contributed by atoms with Gasteiger partial charge in [-0.05, 0) is 61.4 Å². The van der Waals surface area contributed by atoms with Gasteiger partial charge >= 0.3 is 0 Å². The lowest BCUT2D eigenvalue weighted by atomic mass is 10.1. The van der Waals surface area contributed by atoms with Crippen LogP contribution in [0.25, 0.3) is 0 Å². The van der Waals surface area contributed by atoms with Gasteiger partial charge in [0.1, 0.15) is 11.5 Å². The highest BCUT2D eigenvalue weighted by atomic mass is 32.2. The van der Waals surface area contributed by atoms with Crippen molar-refractivity contribution < 1.29 is 22.7 Å². The van der Waals surface area contributed by atoms with Crippen LogP contribution in [0.1, 0.15) is 16.7 Å². The molecule has 3 aromatic rings. The number of hydrogen-bond donors (Lipinski definition) is 1. The predicted molar refractivity (Wildman–Crippen MR) is 131 cm³/mol. The van der Waals surface area contributed by atoms with Gasteiger partial charge < -0.3 is 14.8 Å². The van der Waals surface area contributed by atoms with Crippen molar-refractivity contribution in [2.75, 3.05) is 29.6 Å². The maximum absolute atomic E-state index is 12.4. The maximum atomic E-state index is 12.4. The van der Waals surface area contributed by atoms with Gasteiger partial charge in [-0.2, -0.15) is 0 Å². The predicted octanol–water partition coefficient (Wildman–Crippen LogP) is 4.30. The SMILES string of the molecule is COc1ccc(C)cc1NC(=O)COc1ccc(N(Cc2ccc(C)cc2)S(C)(=O)=O)cc1.